The summed E-state index contributed by atoms with van der Waals surface area (Å²) in [5.74, 6) is -2.17. The van der Waals surface area contributed by atoms with Crippen molar-refractivity contribution in [1.29, 1.82) is 0 Å². The number of benzene rings is 3. The van der Waals surface area contributed by atoms with E-state index in [-0.39, 0.29) is 0 Å². The highest BCUT2D eigenvalue weighted by atomic mass is 16.2. The molecule has 30 heavy (non-hydrogen) atoms. The highest BCUT2D eigenvalue weighted by molar-refractivity contribution is 6.38. The van der Waals surface area contributed by atoms with Gasteiger partial charge in [0.25, 0.3) is 11.8 Å². The minimum atomic E-state index is -1.09. The summed E-state index contributed by atoms with van der Waals surface area (Å²) in [6.45, 7) is 5.80. The molecule has 0 unspecified atom stereocenters. The van der Waals surface area contributed by atoms with Gasteiger partial charge in [-0.2, -0.15) is 0 Å². The molecule has 1 aliphatic heterocycles. The fraction of sp³-hybridized carbons (Fsp3) is 0.160. The molecule has 0 bridgehead atoms. The number of imide groups is 2. The van der Waals surface area contributed by atoms with E-state index in [9.17, 15) is 14.4 Å². The highest BCUT2D eigenvalue weighted by Gasteiger charge is 2.47. The molecule has 5 heteroatoms. The van der Waals surface area contributed by atoms with E-state index in [1.54, 1.807) is 36.4 Å². The van der Waals surface area contributed by atoms with Crippen LogP contribution in [0.15, 0.2) is 72.8 Å². The smallest absolute Gasteiger partial charge is 0.273 e. The van der Waals surface area contributed by atoms with Crippen LogP contribution in [0.3, 0.4) is 0 Å². The summed E-state index contributed by atoms with van der Waals surface area (Å²) >= 11 is 0. The largest absolute Gasteiger partial charge is 0.342 e. The Morgan fingerprint density at radius 1 is 0.533 bits per heavy atom. The molecule has 1 saturated heterocycles. The number of anilines is 2. The van der Waals surface area contributed by atoms with Crippen molar-refractivity contribution < 1.29 is 14.4 Å². The Morgan fingerprint density at radius 3 is 1.23 bits per heavy atom. The quantitative estimate of drug-likeness (QED) is 0.590. The van der Waals surface area contributed by atoms with Crippen molar-refractivity contribution >= 4 is 29.2 Å². The standard InChI is InChI=1S/C25H22N2O3/c1-16-4-10-19(11-5-16)22-23(28)26(20-12-6-17(2)7-13-20)25(30)27(24(22)29)21-14-8-18(3)9-15-21/h4-15,22H,1-3H3. The van der Waals surface area contributed by atoms with Crippen molar-refractivity contribution in [3.05, 3.63) is 95.1 Å². The van der Waals surface area contributed by atoms with E-state index >= 15 is 0 Å². The van der Waals surface area contributed by atoms with Crippen molar-refractivity contribution in [2.75, 3.05) is 9.80 Å². The van der Waals surface area contributed by atoms with E-state index in [0.717, 1.165) is 26.5 Å². The van der Waals surface area contributed by atoms with Gasteiger partial charge in [0, 0.05) is 0 Å². The van der Waals surface area contributed by atoms with Gasteiger partial charge in [-0.15, -0.1) is 0 Å². The van der Waals surface area contributed by atoms with Crippen LogP contribution in [0.2, 0.25) is 0 Å². The topological polar surface area (TPSA) is 57.7 Å². The van der Waals surface area contributed by atoms with Crippen LogP contribution < -0.4 is 9.80 Å². The van der Waals surface area contributed by atoms with E-state index in [4.69, 9.17) is 0 Å². The average molecular weight is 398 g/mol. The number of carbonyl (C=O) groups excluding carboxylic acids is 3. The molecule has 3 aromatic carbocycles. The van der Waals surface area contributed by atoms with Crippen LogP contribution in [-0.4, -0.2) is 17.8 Å². The van der Waals surface area contributed by atoms with Crippen LogP contribution >= 0.6 is 0 Å². The maximum Gasteiger partial charge on any atom is 0.342 e. The Balaban J connectivity index is 1.86. The Hall–Kier alpha value is -3.73. The molecular weight excluding hydrogens is 376 g/mol. The number of hydrogen-bond acceptors (Lipinski definition) is 3. The predicted molar refractivity (Wildman–Crippen MR) is 117 cm³/mol. The predicted octanol–water partition coefficient (Wildman–Crippen LogP) is 4.90. The third-order valence-corrected chi connectivity index (χ3v) is 5.31. The van der Waals surface area contributed by atoms with E-state index in [1.165, 1.54) is 0 Å². The molecule has 1 aliphatic rings. The van der Waals surface area contributed by atoms with Crippen molar-refractivity contribution in [3.8, 4) is 0 Å². The van der Waals surface area contributed by atoms with Crippen LogP contribution in [0.1, 0.15) is 28.2 Å². The first kappa shape index (κ1) is 19.6. The summed E-state index contributed by atoms with van der Waals surface area (Å²) in [5.41, 5.74) is 4.50. The second-order valence-electron chi connectivity index (χ2n) is 7.64. The van der Waals surface area contributed by atoms with Gasteiger partial charge in [-0.1, -0.05) is 65.2 Å². The first-order chi connectivity index (χ1) is 14.4. The van der Waals surface area contributed by atoms with Crippen molar-refractivity contribution in [3.63, 3.8) is 0 Å². The summed E-state index contributed by atoms with van der Waals surface area (Å²) in [5, 5.41) is 0. The summed E-state index contributed by atoms with van der Waals surface area (Å²) in [6.07, 6.45) is 0. The summed E-state index contributed by atoms with van der Waals surface area (Å²) in [4.78, 5) is 42.4. The lowest BCUT2D eigenvalue weighted by Gasteiger charge is -2.37. The molecule has 0 spiro atoms. The SMILES string of the molecule is Cc1ccc(C2C(=O)N(c3ccc(C)cc3)C(=O)N(c3ccc(C)cc3)C2=O)cc1. The molecule has 4 amide bonds. The molecule has 0 radical (unpaired) electrons. The molecule has 0 aromatic heterocycles. The van der Waals surface area contributed by atoms with E-state index < -0.39 is 23.8 Å². The van der Waals surface area contributed by atoms with Crippen molar-refractivity contribution in [2.45, 2.75) is 26.7 Å². The molecule has 0 atom stereocenters. The third-order valence-electron chi connectivity index (χ3n) is 5.31. The van der Waals surface area contributed by atoms with Crippen LogP contribution in [0.5, 0.6) is 0 Å². The zero-order chi connectivity index (χ0) is 21.4. The lowest BCUT2D eigenvalue weighted by Crippen LogP contribution is -2.59. The maximum absolute atomic E-state index is 13.4. The number of barbiturate groups is 1. The second-order valence-corrected chi connectivity index (χ2v) is 7.64. The molecule has 5 nitrogen and oxygen atoms in total. The lowest BCUT2D eigenvalue weighted by atomic mass is 9.92. The molecule has 3 aromatic rings. The molecule has 0 N–H and O–H groups in total. The van der Waals surface area contributed by atoms with E-state index in [0.29, 0.717) is 16.9 Å². The number of hydrogen-bond donors (Lipinski definition) is 0. The number of carbonyl (C=O) groups is 3. The molecule has 4 rings (SSSR count). The number of nitrogens with zero attached hydrogens (tertiary/aromatic N) is 2. The van der Waals surface area contributed by atoms with E-state index in [2.05, 4.69) is 0 Å². The monoisotopic (exact) mass is 398 g/mol. The normalized spacial score (nSPS) is 15.1. The van der Waals surface area contributed by atoms with Gasteiger partial charge < -0.3 is 0 Å². The van der Waals surface area contributed by atoms with Gasteiger partial charge in [-0.25, -0.2) is 14.6 Å². The fourth-order valence-electron chi connectivity index (χ4n) is 3.56. The first-order valence-corrected chi connectivity index (χ1v) is 9.78. The van der Waals surface area contributed by atoms with Crippen LogP contribution in [0.4, 0.5) is 16.2 Å². The number of amides is 4. The minimum Gasteiger partial charge on any atom is -0.273 e. The Morgan fingerprint density at radius 2 is 0.867 bits per heavy atom. The first-order valence-electron chi connectivity index (χ1n) is 9.78. The maximum atomic E-state index is 13.4. The van der Waals surface area contributed by atoms with Gasteiger partial charge in [0.1, 0.15) is 5.92 Å². The fourth-order valence-corrected chi connectivity index (χ4v) is 3.56. The number of urea groups is 1. The van der Waals surface area contributed by atoms with Crippen molar-refractivity contribution in [1.82, 2.24) is 0 Å². The van der Waals surface area contributed by atoms with Gasteiger partial charge >= 0.3 is 6.03 Å². The Kier molecular flexibility index (Phi) is 4.96. The van der Waals surface area contributed by atoms with Gasteiger partial charge in [0.15, 0.2) is 0 Å². The van der Waals surface area contributed by atoms with Gasteiger partial charge in [0.05, 0.1) is 11.4 Å². The van der Waals surface area contributed by atoms with Crippen LogP contribution in [0, 0.1) is 20.8 Å². The summed E-state index contributed by atoms with van der Waals surface area (Å²) < 4.78 is 0. The zero-order valence-corrected chi connectivity index (χ0v) is 17.1. The Bertz CT molecular complexity index is 952. The zero-order valence-electron chi connectivity index (χ0n) is 17.1. The van der Waals surface area contributed by atoms with Crippen LogP contribution in [-0.2, 0) is 9.59 Å². The highest BCUT2D eigenvalue weighted by Crippen LogP contribution is 2.34. The van der Waals surface area contributed by atoms with E-state index in [1.807, 2.05) is 57.2 Å². The average Bonchev–Trinajstić information content (AvgIpc) is 2.72. The van der Waals surface area contributed by atoms with Gasteiger partial charge in [-0.05, 0) is 50.6 Å². The summed E-state index contributed by atoms with van der Waals surface area (Å²) in [7, 11) is 0. The number of rotatable bonds is 3. The third kappa shape index (κ3) is 3.39. The Labute approximate surface area is 175 Å². The molecule has 150 valence electrons. The second kappa shape index (κ2) is 7.59. The summed E-state index contributed by atoms with van der Waals surface area (Å²) in [6, 6.07) is 20.8. The molecule has 0 saturated carbocycles. The van der Waals surface area contributed by atoms with Gasteiger partial charge in [0.2, 0.25) is 0 Å². The van der Waals surface area contributed by atoms with Gasteiger partial charge in [-0.3, -0.25) is 9.59 Å². The van der Waals surface area contributed by atoms with Crippen molar-refractivity contribution in [2.24, 2.45) is 0 Å². The molecule has 0 aliphatic carbocycles. The molecule has 1 heterocycles. The molecular formula is C25H22N2O3. The number of aryl methyl sites for hydroxylation is 3. The molecule has 1 fully saturated rings. The minimum absolute atomic E-state index is 0.442. The lowest BCUT2D eigenvalue weighted by molar-refractivity contribution is -0.129. The van der Waals surface area contributed by atoms with Crippen LogP contribution in [0.25, 0.3) is 0 Å².